The smallest absolute Gasteiger partial charge is 0.132 e. The highest BCUT2D eigenvalue weighted by Gasteiger charge is 2.45. The van der Waals surface area contributed by atoms with Gasteiger partial charge >= 0.3 is 6.17 Å². The quantitative estimate of drug-likeness (QED) is 0.134. The van der Waals surface area contributed by atoms with Crippen molar-refractivity contribution in [3.63, 3.8) is 0 Å². The van der Waals surface area contributed by atoms with E-state index in [9.17, 15) is 0 Å². The maximum atomic E-state index is 4.32. The molecule has 1 aliphatic rings. The van der Waals surface area contributed by atoms with Crippen molar-refractivity contribution in [3.05, 3.63) is 163 Å². The summed E-state index contributed by atoms with van der Waals surface area (Å²) in [4.78, 5) is 0. The molecule has 7 aromatic rings. The molecule has 0 saturated carbocycles. The van der Waals surface area contributed by atoms with Crippen molar-refractivity contribution in [2.75, 3.05) is 0 Å². The molecule has 3 heterocycles. The third kappa shape index (κ3) is 5.27. The molecule has 0 aliphatic carbocycles. The van der Waals surface area contributed by atoms with Crippen LogP contribution in [0.25, 0.3) is 61.3 Å². The molecule has 1 atom stereocenters. The van der Waals surface area contributed by atoms with Crippen LogP contribution in [0.4, 0.5) is 0 Å². The van der Waals surface area contributed by atoms with Gasteiger partial charge in [0.25, 0.3) is 0 Å². The monoisotopic (exact) mass is 636 g/mol. The first-order valence-corrected chi connectivity index (χ1v) is 17.4. The Morgan fingerprint density at radius 3 is 1.92 bits per heavy atom. The Morgan fingerprint density at radius 2 is 1.18 bits per heavy atom. The summed E-state index contributed by atoms with van der Waals surface area (Å²) in [5.74, 6) is 0. The number of pyridine rings is 2. The Labute approximate surface area is 290 Å². The van der Waals surface area contributed by atoms with Crippen molar-refractivity contribution in [1.82, 2.24) is 0 Å². The van der Waals surface area contributed by atoms with E-state index in [-0.39, 0.29) is 17.0 Å². The second-order valence-corrected chi connectivity index (χ2v) is 15.6. The van der Waals surface area contributed by atoms with Gasteiger partial charge in [-0.3, -0.25) is 0 Å². The van der Waals surface area contributed by atoms with Crippen LogP contribution < -0.4 is 9.13 Å². The number of hydrogen-bond donors (Lipinski definition) is 0. The molecule has 0 spiro atoms. The fourth-order valence-corrected chi connectivity index (χ4v) is 7.53. The summed E-state index contributed by atoms with van der Waals surface area (Å²) in [5, 5.41) is 4.98. The van der Waals surface area contributed by atoms with Gasteiger partial charge in [-0.2, -0.15) is 0 Å². The number of hydrogen-bond acceptors (Lipinski definition) is 0. The minimum absolute atomic E-state index is 0.0395. The largest absolute Gasteiger partial charge is 0.381 e. The van der Waals surface area contributed by atoms with Crippen LogP contribution in [0.5, 0.6) is 0 Å². The molecule has 0 bridgehead atoms. The molecule has 0 fully saturated rings. The van der Waals surface area contributed by atoms with Crippen LogP contribution >= 0.6 is 0 Å². The Bertz CT molecular complexity index is 2360. The van der Waals surface area contributed by atoms with Gasteiger partial charge < -0.3 is 0 Å². The summed E-state index contributed by atoms with van der Waals surface area (Å²) in [5.41, 5.74) is 12.5. The zero-order valence-electron chi connectivity index (χ0n) is 29.5. The van der Waals surface area contributed by atoms with Crippen molar-refractivity contribution in [2.24, 2.45) is 0 Å². The molecule has 240 valence electrons. The van der Waals surface area contributed by atoms with Crippen molar-refractivity contribution in [3.8, 4) is 33.6 Å². The van der Waals surface area contributed by atoms with Gasteiger partial charge in [-0.05, 0) is 84.5 Å². The normalized spacial score (nSPS) is 14.2. The summed E-state index contributed by atoms with van der Waals surface area (Å²) < 4.78 is 4.96. The van der Waals surface area contributed by atoms with E-state index in [0.717, 1.165) is 11.3 Å². The molecule has 0 amide bonds. The lowest BCUT2D eigenvalue weighted by Gasteiger charge is -2.19. The first-order valence-electron chi connectivity index (χ1n) is 17.4. The Morgan fingerprint density at radius 1 is 0.531 bits per heavy atom. The van der Waals surface area contributed by atoms with Crippen LogP contribution in [0.3, 0.4) is 0 Å². The molecular formula is C47H44N2+2. The van der Waals surface area contributed by atoms with Crippen molar-refractivity contribution in [1.29, 1.82) is 0 Å². The Balaban J connectivity index is 1.44. The molecular weight excluding hydrogens is 593 g/mol. The molecule has 0 N–H and O–H groups in total. The van der Waals surface area contributed by atoms with Crippen molar-refractivity contribution < 1.29 is 9.13 Å². The zero-order chi connectivity index (χ0) is 34.1. The summed E-state index contributed by atoms with van der Waals surface area (Å²) in [7, 11) is 0. The molecule has 0 saturated heterocycles. The Kier molecular flexibility index (Phi) is 7.19. The van der Waals surface area contributed by atoms with E-state index in [1.54, 1.807) is 0 Å². The van der Waals surface area contributed by atoms with E-state index in [4.69, 9.17) is 0 Å². The summed E-state index contributed by atoms with van der Waals surface area (Å²) >= 11 is 0. The first kappa shape index (κ1) is 31.0. The van der Waals surface area contributed by atoms with Gasteiger partial charge in [0.2, 0.25) is 11.4 Å². The van der Waals surface area contributed by atoms with Crippen LogP contribution in [0.15, 0.2) is 140 Å². The van der Waals surface area contributed by atoms with Gasteiger partial charge in [0.1, 0.15) is 5.56 Å². The lowest BCUT2D eigenvalue weighted by atomic mass is 9.84. The molecule has 2 nitrogen and oxygen atoms in total. The fraction of sp³-hybridized carbons (Fsp3) is 0.191. The zero-order valence-corrected chi connectivity index (χ0v) is 29.5. The van der Waals surface area contributed by atoms with Crippen LogP contribution in [-0.2, 0) is 10.8 Å². The van der Waals surface area contributed by atoms with Gasteiger partial charge in [-0.1, -0.05) is 127 Å². The second-order valence-electron chi connectivity index (χ2n) is 15.6. The number of benzene rings is 5. The van der Waals surface area contributed by atoms with E-state index < -0.39 is 0 Å². The maximum absolute atomic E-state index is 4.32. The lowest BCUT2D eigenvalue weighted by Crippen LogP contribution is -2.57. The maximum Gasteiger partial charge on any atom is 0.381 e. The van der Waals surface area contributed by atoms with Gasteiger partial charge in [-0.25, -0.2) is 0 Å². The van der Waals surface area contributed by atoms with E-state index in [2.05, 4.69) is 191 Å². The van der Waals surface area contributed by atoms with E-state index in [1.807, 2.05) is 6.08 Å². The van der Waals surface area contributed by atoms with Gasteiger partial charge in [0.15, 0.2) is 12.4 Å². The van der Waals surface area contributed by atoms with Crippen LogP contribution in [0.1, 0.15) is 70.0 Å². The molecule has 2 aromatic heterocycles. The topological polar surface area (TPSA) is 7.76 Å². The van der Waals surface area contributed by atoms with E-state index >= 15 is 0 Å². The number of aromatic nitrogens is 2. The van der Waals surface area contributed by atoms with Gasteiger partial charge in [0.05, 0.1) is 11.1 Å². The SMILES string of the molecule is C=Cc1cc2ccc3ccccc3c2cc1-c1cc(-c2ccccc2)cc[n+]1C1c2ccc(C(C)(C)C)cc2-c2cc(C(C)(C)C)cc[n+]21. The molecule has 1 unspecified atom stereocenters. The van der Waals surface area contributed by atoms with Crippen LogP contribution in [0, 0.1) is 0 Å². The van der Waals surface area contributed by atoms with E-state index in [1.165, 1.54) is 66.2 Å². The fourth-order valence-electron chi connectivity index (χ4n) is 7.53. The first-order chi connectivity index (χ1) is 23.5. The number of nitrogens with zero attached hydrogens (tertiary/aromatic N) is 2. The van der Waals surface area contributed by atoms with Crippen molar-refractivity contribution in [2.45, 2.75) is 58.5 Å². The van der Waals surface area contributed by atoms with Crippen LogP contribution in [0.2, 0.25) is 0 Å². The predicted molar refractivity (Wildman–Crippen MR) is 206 cm³/mol. The predicted octanol–water partition coefficient (Wildman–Crippen LogP) is 11.2. The minimum atomic E-state index is -0.0614. The third-order valence-corrected chi connectivity index (χ3v) is 10.4. The van der Waals surface area contributed by atoms with E-state index in [0.29, 0.717) is 0 Å². The standard InChI is InChI=1S/C47H44N2/c1-8-31-26-35-19-18-33-16-12-13-17-38(33)40(35)30-41(31)43-27-34(32-14-10-9-11-15-32)22-24-48(43)45-39-21-20-36(46(2,3)4)28-42(39)44-29-37(47(5,6)7)23-25-49(44)45/h8-30,45H,1H2,2-7H3/q+2. The van der Waals surface area contributed by atoms with Crippen molar-refractivity contribution >= 4 is 27.6 Å². The minimum Gasteiger partial charge on any atom is -0.132 e. The molecule has 1 aliphatic heterocycles. The number of rotatable bonds is 4. The summed E-state index contributed by atoms with van der Waals surface area (Å²) in [6, 6.07) is 45.1. The molecule has 8 rings (SSSR count). The lowest BCUT2D eigenvalue weighted by molar-refractivity contribution is -0.920. The summed E-state index contributed by atoms with van der Waals surface area (Å²) in [6.07, 6.45) is 6.55. The highest BCUT2D eigenvalue weighted by atomic mass is 15.2. The molecule has 0 radical (unpaired) electrons. The average molecular weight is 637 g/mol. The molecule has 2 heteroatoms. The third-order valence-electron chi connectivity index (χ3n) is 10.4. The van der Waals surface area contributed by atoms with Crippen LogP contribution in [-0.4, -0.2) is 0 Å². The molecule has 49 heavy (non-hydrogen) atoms. The van der Waals surface area contributed by atoms with Gasteiger partial charge in [-0.15, -0.1) is 9.13 Å². The highest BCUT2D eigenvalue weighted by molar-refractivity contribution is 6.09. The Hall–Kier alpha value is -5.34. The second kappa shape index (κ2) is 11.4. The molecule has 5 aromatic carbocycles. The highest BCUT2D eigenvalue weighted by Crippen LogP contribution is 2.40. The van der Waals surface area contributed by atoms with Gasteiger partial charge in [0, 0.05) is 24.3 Å². The average Bonchev–Trinajstić information content (AvgIpc) is 3.43. The number of fused-ring (bicyclic) bond motifs is 6. The summed E-state index contributed by atoms with van der Waals surface area (Å²) in [6.45, 7) is 18.1.